The highest BCUT2D eigenvalue weighted by molar-refractivity contribution is 5.81. The van der Waals surface area contributed by atoms with Crippen molar-refractivity contribution in [3.63, 3.8) is 0 Å². The molecule has 0 bridgehead atoms. The fraction of sp³-hybridized carbons (Fsp3) is 0.533. The molecule has 1 aromatic carbocycles. The number of rotatable bonds is 3. The molecule has 2 rings (SSSR count). The standard InChI is InChI=1S/C15H18F3NO/c16-15(17,18)12-6-4-11(5-7-12)10-14(13(19)20)8-2-1-3-9-14/h4-7H,1-3,8-10H2,(H2,19,20). The van der Waals surface area contributed by atoms with E-state index >= 15 is 0 Å². The van der Waals surface area contributed by atoms with Crippen molar-refractivity contribution in [1.82, 2.24) is 0 Å². The predicted molar refractivity (Wildman–Crippen MR) is 69.9 cm³/mol. The van der Waals surface area contributed by atoms with Crippen molar-refractivity contribution >= 4 is 5.91 Å². The van der Waals surface area contributed by atoms with Crippen LogP contribution in [0.25, 0.3) is 0 Å². The largest absolute Gasteiger partial charge is 0.416 e. The Labute approximate surface area is 116 Å². The average molecular weight is 285 g/mol. The van der Waals surface area contributed by atoms with Gasteiger partial charge in [-0.2, -0.15) is 13.2 Å². The topological polar surface area (TPSA) is 43.1 Å². The summed E-state index contributed by atoms with van der Waals surface area (Å²) in [5.41, 5.74) is 5.01. The maximum absolute atomic E-state index is 12.5. The molecule has 1 fully saturated rings. The summed E-state index contributed by atoms with van der Waals surface area (Å²) in [6, 6.07) is 5.02. The summed E-state index contributed by atoms with van der Waals surface area (Å²) >= 11 is 0. The number of halogens is 3. The van der Waals surface area contributed by atoms with Crippen LogP contribution in [-0.2, 0) is 17.4 Å². The summed E-state index contributed by atoms with van der Waals surface area (Å²) in [5, 5.41) is 0. The molecule has 0 aromatic heterocycles. The molecule has 1 aliphatic rings. The van der Waals surface area contributed by atoms with E-state index in [0.717, 1.165) is 49.8 Å². The number of carbonyl (C=O) groups excluding carboxylic acids is 1. The van der Waals surface area contributed by atoms with Crippen LogP contribution in [0.15, 0.2) is 24.3 Å². The van der Waals surface area contributed by atoms with Gasteiger partial charge in [0, 0.05) is 0 Å². The Balaban J connectivity index is 2.17. The predicted octanol–water partition coefficient (Wildman–Crippen LogP) is 3.68. The number of carbonyl (C=O) groups is 1. The van der Waals surface area contributed by atoms with E-state index in [2.05, 4.69) is 0 Å². The van der Waals surface area contributed by atoms with Gasteiger partial charge in [0.15, 0.2) is 0 Å². The van der Waals surface area contributed by atoms with Gasteiger partial charge < -0.3 is 5.73 Å². The van der Waals surface area contributed by atoms with Crippen LogP contribution in [0.4, 0.5) is 13.2 Å². The van der Waals surface area contributed by atoms with Crippen LogP contribution in [0, 0.1) is 5.41 Å². The molecule has 0 aliphatic heterocycles. The Morgan fingerprint density at radius 2 is 1.65 bits per heavy atom. The zero-order valence-electron chi connectivity index (χ0n) is 11.2. The number of nitrogens with two attached hydrogens (primary N) is 1. The molecule has 1 aromatic rings. The molecule has 1 saturated carbocycles. The molecular weight excluding hydrogens is 267 g/mol. The Kier molecular flexibility index (Phi) is 4.06. The highest BCUT2D eigenvalue weighted by atomic mass is 19.4. The summed E-state index contributed by atoms with van der Waals surface area (Å²) in [5.74, 6) is -0.336. The normalized spacial score (nSPS) is 18.8. The van der Waals surface area contributed by atoms with Crippen molar-refractivity contribution < 1.29 is 18.0 Å². The van der Waals surface area contributed by atoms with Gasteiger partial charge in [-0.3, -0.25) is 4.79 Å². The van der Waals surface area contributed by atoms with Crippen molar-refractivity contribution in [2.45, 2.75) is 44.7 Å². The zero-order chi connectivity index (χ0) is 14.8. The van der Waals surface area contributed by atoms with Crippen LogP contribution < -0.4 is 5.73 Å². The molecule has 1 amide bonds. The summed E-state index contributed by atoms with van der Waals surface area (Å²) in [4.78, 5) is 11.7. The zero-order valence-corrected chi connectivity index (χ0v) is 11.2. The Hall–Kier alpha value is -1.52. The van der Waals surface area contributed by atoms with Gasteiger partial charge >= 0.3 is 6.18 Å². The molecule has 0 unspecified atom stereocenters. The van der Waals surface area contributed by atoms with Gasteiger partial charge in [0.2, 0.25) is 5.91 Å². The molecular formula is C15H18F3NO. The van der Waals surface area contributed by atoms with E-state index in [4.69, 9.17) is 5.73 Å². The van der Waals surface area contributed by atoms with Crippen molar-refractivity contribution in [2.24, 2.45) is 11.1 Å². The molecule has 1 aliphatic carbocycles. The molecule has 110 valence electrons. The maximum atomic E-state index is 12.5. The minimum absolute atomic E-state index is 0.336. The number of benzene rings is 1. The first kappa shape index (κ1) is 14.9. The van der Waals surface area contributed by atoms with E-state index in [1.165, 1.54) is 12.1 Å². The van der Waals surface area contributed by atoms with Gasteiger partial charge in [-0.15, -0.1) is 0 Å². The van der Waals surface area contributed by atoms with Crippen LogP contribution in [0.3, 0.4) is 0 Å². The molecule has 0 radical (unpaired) electrons. The first-order chi connectivity index (χ1) is 9.33. The molecule has 0 spiro atoms. The van der Waals surface area contributed by atoms with Crippen LogP contribution in [0.5, 0.6) is 0 Å². The van der Waals surface area contributed by atoms with Gasteiger partial charge in [0.25, 0.3) is 0 Å². The minimum Gasteiger partial charge on any atom is -0.369 e. The summed E-state index contributed by atoms with van der Waals surface area (Å²) in [6.45, 7) is 0. The number of amides is 1. The SMILES string of the molecule is NC(=O)C1(Cc2ccc(C(F)(F)F)cc2)CCCCC1. The quantitative estimate of drug-likeness (QED) is 0.904. The summed E-state index contributed by atoms with van der Waals surface area (Å²) < 4.78 is 37.5. The monoisotopic (exact) mass is 285 g/mol. The Morgan fingerprint density at radius 1 is 1.10 bits per heavy atom. The second-order valence-electron chi connectivity index (χ2n) is 5.58. The first-order valence-corrected chi connectivity index (χ1v) is 6.80. The Bertz CT molecular complexity index is 473. The molecule has 0 saturated heterocycles. The van der Waals surface area contributed by atoms with E-state index in [-0.39, 0.29) is 5.91 Å². The van der Waals surface area contributed by atoms with E-state index < -0.39 is 17.2 Å². The number of primary amides is 1. The highest BCUT2D eigenvalue weighted by Crippen LogP contribution is 2.39. The lowest BCUT2D eigenvalue weighted by atomic mass is 9.70. The third-order valence-corrected chi connectivity index (χ3v) is 4.16. The van der Waals surface area contributed by atoms with Crippen LogP contribution in [-0.4, -0.2) is 5.91 Å². The van der Waals surface area contributed by atoms with Crippen molar-refractivity contribution in [2.75, 3.05) is 0 Å². The molecule has 5 heteroatoms. The van der Waals surface area contributed by atoms with Crippen molar-refractivity contribution in [3.8, 4) is 0 Å². The third-order valence-electron chi connectivity index (χ3n) is 4.16. The lowest BCUT2D eigenvalue weighted by Crippen LogP contribution is -2.40. The van der Waals surface area contributed by atoms with Crippen molar-refractivity contribution in [3.05, 3.63) is 35.4 Å². The number of hydrogen-bond acceptors (Lipinski definition) is 1. The lowest BCUT2D eigenvalue weighted by Gasteiger charge is -2.34. The minimum atomic E-state index is -4.33. The fourth-order valence-electron chi connectivity index (χ4n) is 2.94. The fourth-order valence-corrected chi connectivity index (χ4v) is 2.94. The number of alkyl halides is 3. The van der Waals surface area contributed by atoms with E-state index in [9.17, 15) is 18.0 Å². The molecule has 0 heterocycles. The average Bonchev–Trinajstić information content (AvgIpc) is 2.39. The van der Waals surface area contributed by atoms with Crippen LogP contribution in [0.2, 0.25) is 0 Å². The lowest BCUT2D eigenvalue weighted by molar-refractivity contribution is -0.137. The molecule has 2 N–H and O–H groups in total. The van der Waals surface area contributed by atoms with Gasteiger partial charge in [0.05, 0.1) is 11.0 Å². The third kappa shape index (κ3) is 3.14. The van der Waals surface area contributed by atoms with Gasteiger partial charge in [-0.05, 0) is 37.0 Å². The van der Waals surface area contributed by atoms with E-state index in [1.54, 1.807) is 0 Å². The van der Waals surface area contributed by atoms with Crippen LogP contribution in [0.1, 0.15) is 43.2 Å². The Morgan fingerprint density at radius 3 is 2.10 bits per heavy atom. The molecule has 20 heavy (non-hydrogen) atoms. The van der Waals surface area contributed by atoms with Crippen molar-refractivity contribution in [1.29, 1.82) is 0 Å². The second kappa shape index (κ2) is 5.46. The molecule has 0 atom stereocenters. The maximum Gasteiger partial charge on any atom is 0.416 e. The first-order valence-electron chi connectivity index (χ1n) is 6.80. The molecule has 2 nitrogen and oxygen atoms in total. The van der Waals surface area contributed by atoms with Gasteiger partial charge in [-0.25, -0.2) is 0 Å². The highest BCUT2D eigenvalue weighted by Gasteiger charge is 2.38. The smallest absolute Gasteiger partial charge is 0.369 e. The van der Waals surface area contributed by atoms with Gasteiger partial charge in [0.1, 0.15) is 0 Å². The van der Waals surface area contributed by atoms with E-state index in [0.29, 0.717) is 6.42 Å². The summed E-state index contributed by atoms with van der Waals surface area (Å²) in [6.07, 6.45) is 0.535. The van der Waals surface area contributed by atoms with Gasteiger partial charge in [-0.1, -0.05) is 31.4 Å². The van der Waals surface area contributed by atoms with Crippen LogP contribution >= 0.6 is 0 Å². The summed E-state index contributed by atoms with van der Waals surface area (Å²) in [7, 11) is 0. The number of hydrogen-bond donors (Lipinski definition) is 1. The second-order valence-corrected chi connectivity index (χ2v) is 5.58. The van der Waals surface area contributed by atoms with E-state index in [1.807, 2.05) is 0 Å².